The van der Waals surface area contributed by atoms with E-state index in [0.717, 1.165) is 45.9 Å². The number of rotatable bonds is 6. The lowest BCUT2D eigenvalue weighted by Gasteiger charge is -2.11. The van der Waals surface area contributed by atoms with Gasteiger partial charge in [-0.1, -0.05) is 25.1 Å². The van der Waals surface area contributed by atoms with E-state index in [2.05, 4.69) is 42.8 Å². The minimum Gasteiger partial charge on any atom is -0.467 e. The summed E-state index contributed by atoms with van der Waals surface area (Å²) < 4.78 is 7.64. The third-order valence-electron chi connectivity index (χ3n) is 4.91. The van der Waals surface area contributed by atoms with E-state index < -0.39 is 0 Å². The number of furan rings is 1. The molecule has 0 aliphatic rings. The van der Waals surface area contributed by atoms with Gasteiger partial charge in [0.05, 0.1) is 12.8 Å². The molecule has 1 amide bonds. The molecule has 2 heterocycles. The van der Waals surface area contributed by atoms with Gasteiger partial charge in [0.1, 0.15) is 5.76 Å². The highest BCUT2D eigenvalue weighted by molar-refractivity contribution is 6.02. The van der Waals surface area contributed by atoms with Crippen molar-refractivity contribution in [3.8, 4) is 0 Å². The maximum Gasteiger partial charge on any atom is 0.248 e. The SMILES string of the molecule is CCc1cccc(C)c1NC(=O)/C=C/c1cc(C)n(Cc2ccco2)c1C. The molecule has 2 aromatic heterocycles. The highest BCUT2D eigenvalue weighted by Crippen LogP contribution is 2.22. The lowest BCUT2D eigenvalue weighted by Crippen LogP contribution is -2.11. The van der Waals surface area contributed by atoms with Crippen LogP contribution < -0.4 is 5.32 Å². The summed E-state index contributed by atoms with van der Waals surface area (Å²) in [6, 6.07) is 12.0. The largest absolute Gasteiger partial charge is 0.467 e. The van der Waals surface area contributed by atoms with Crippen LogP contribution in [0.5, 0.6) is 0 Å². The van der Waals surface area contributed by atoms with Crippen molar-refractivity contribution < 1.29 is 9.21 Å². The second-order valence-electron chi connectivity index (χ2n) is 6.78. The van der Waals surface area contributed by atoms with E-state index >= 15 is 0 Å². The first-order valence-electron chi connectivity index (χ1n) is 9.26. The van der Waals surface area contributed by atoms with Crippen LogP contribution in [0.4, 0.5) is 5.69 Å². The third-order valence-corrected chi connectivity index (χ3v) is 4.91. The summed E-state index contributed by atoms with van der Waals surface area (Å²) in [6.45, 7) is 8.92. The number of anilines is 1. The van der Waals surface area contributed by atoms with E-state index in [1.165, 1.54) is 0 Å². The average molecular weight is 362 g/mol. The van der Waals surface area contributed by atoms with Crippen molar-refractivity contribution >= 4 is 17.7 Å². The number of aryl methyl sites for hydroxylation is 3. The number of benzene rings is 1. The first-order chi connectivity index (χ1) is 13.0. The van der Waals surface area contributed by atoms with Crippen LogP contribution in [0.3, 0.4) is 0 Å². The second kappa shape index (κ2) is 8.12. The molecule has 3 rings (SSSR count). The molecule has 3 aromatic rings. The number of nitrogens with zero attached hydrogens (tertiary/aromatic N) is 1. The van der Waals surface area contributed by atoms with Gasteiger partial charge in [0.15, 0.2) is 0 Å². The number of hydrogen-bond donors (Lipinski definition) is 1. The first-order valence-corrected chi connectivity index (χ1v) is 9.26. The molecule has 4 nitrogen and oxygen atoms in total. The summed E-state index contributed by atoms with van der Waals surface area (Å²) in [7, 11) is 0. The summed E-state index contributed by atoms with van der Waals surface area (Å²) in [5.74, 6) is 0.798. The lowest BCUT2D eigenvalue weighted by molar-refractivity contribution is -0.111. The van der Waals surface area contributed by atoms with Gasteiger partial charge in [-0.25, -0.2) is 0 Å². The summed E-state index contributed by atoms with van der Waals surface area (Å²) >= 11 is 0. The molecule has 140 valence electrons. The van der Waals surface area contributed by atoms with Gasteiger partial charge in [0.25, 0.3) is 0 Å². The zero-order valence-corrected chi connectivity index (χ0v) is 16.4. The van der Waals surface area contributed by atoms with E-state index in [9.17, 15) is 4.79 Å². The zero-order valence-electron chi connectivity index (χ0n) is 16.4. The van der Waals surface area contributed by atoms with Crippen LogP contribution in [0.2, 0.25) is 0 Å². The Bertz CT molecular complexity index is 963. The molecular weight excluding hydrogens is 336 g/mol. The van der Waals surface area contributed by atoms with Crippen molar-refractivity contribution in [3.05, 3.63) is 82.6 Å². The van der Waals surface area contributed by atoms with Crippen molar-refractivity contribution in [2.24, 2.45) is 0 Å². The predicted molar refractivity (Wildman–Crippen MR) is 110 cm³/mol. The molecule has 1 aromatic carbocycles. The molecule has 0 atom stereocenters. The highest BCUT2D eigenvalue weighted by Gasteiger charge is 2.10. The third kappa shape index (κ3) is 4.22. The molecule has 1 N–H and O–H groups in total. The normalized spacial score (nSPS) is 11.3. The Hall–Kier alpha value is -3.01. The Morgan fingerprint density at radius 2 is 2.00 bits per heavy atom. The summed E-state index contributed by atoms with van der Waals surface area (Å²) in [5.41, 5.74) is 6.42. The van der Waals surface area contributed by atoms with Crippen molar-refractivity contribution in [1.82, 2.24) is 4.57 Å². The molecule has 0 saturated heterocycles. The Morgan fingerprint density at radius 3 is 2.70 bits per heavy atom. The Balaban J connectivity index is 1.76. The second-order valence-corrected chi connectivity index (χ2v) is 6.78. The smallest absolute Gasteiger partial charge is 0.248 e. The molecule has 4 heteroatoms. The zero-order chi connectivity index (χ0) is 19.4. The van der Waals surface area contributed by atoms with Gasteiger partial charge in [-0.15, -0.1) is 0 Å². The van der Waals surface area contributed by atoms with Crippen molar-refractivity contribution in [2.75, 3.05) is 5.32 Å². The number of nitrogens with one attached hydrogen (secondary N) is 1. The van der Waals surface area contributed by atoms with E-state index in [-0.39, 0.29) is 5.91 Å². The molecule has 0 radical (unpaired) electrons. The van der Waals surface area contributed by atoms with Crippen LogP contribution in [0, 0.1) is 20.8 Å². The number of carbonyl (C=O) groups excluding carboxylic acids is 1. The Labute approximate surface area is 160 Å². The molecule has 0 aliphatic heterocycles. The Kier molecular flexibility index (Phi) is 5.65. The molecule has 0 fully saturated rings. The summed E-state index contributed by atoms with van der Waals surface area (Å²) in [6.07, 6.45) is 6.05. The van der Waals surface area contributed by atoms with Crippen LogP contribution in [-0.4, -0.2) is 10.5 Å². The number of aromatic nitrogens is 1. The molecule has 0 saturated carbocycles. The fourth-order valence-electron chi connectivity index (χ4n) is 3.33. The fourth-order valence-corrected chi connectivity index (χ4v) is 3.33. The number of para-hydroxylation sites is 1. The van der Waals surface area contributed by atoms with Crippen LogP contribution in [0.1, 0.15) is 40.8 Å². The van der Waals surface area contributed by atoms with Gasteiger partial charge < -0.3 is 14.3 Å². The average Bonchev–Trinajstić information content (AvgIpc) is 3.25. The quantitative estimate of drug-likeness (QED) is 0.607. The van der Waals surface area contributed by atoms with Crippen molar-refractivity contribution in [3.63, 3.8) is 0 Å². The van der Waals surface area contributed by atoms with Gasteiger partial charge in [0.2, 0.25) is 5.91 Å². The summed E-state index contributed by atoms with van der Waals surface area (Å²) in [5, 5.41) is 3.03. The molecule has 0 aliphatic carbocycles. The molecule has 0 spiro atoms. The molecule has 0 unspecified atom stereocenters. The summed E-state index contributed by atoms with van der Waals surface area (Å²) in [4.78, 5) is 12.4. The Morgan fingerprint density at radius 1 is 1.19 bits per heavy atom. The number of amides is 1. The van der Waals surface area contributed by atoms with E-state index in [1.54, 1.807) is 12.3 Å². The maximum absolute atomic E-state index is 12.4. The van der Waals surface area contributed by atoms with Gasteiger partial charge in [0, 0.05) is 23.2 Å². The van der Waals surface area contributed by atoms with Crippen LogP contribution in [-0.2, 0) is 17.8 Å². The minimum atomic E-state index is -0.116. The molecule has 0 bridgehead atoms. The van der Waals surface area contributed by atoms with Crippen LogP contribution in [0.15, 0.2) is 53.2 Å². The van der Waals surface area contributed by atoms with E-state index in [4.69, 9.17) is 4.42 Å². The van der Waals surface area contributed by atoms with Gasteiger partial charge >= 0.3 is 0 Å². The van der Waals surface area contributed by atoms with Gasteiger partial charge in [-0.2, -0.15) is 0 Å². The number of carbonyl (C=O) groups is 1. The van der Waals surface area contributed by atoms with Crippen molar-refractivity contribution in [1.29, 1.82) is 0 Å². The monoisotopic (exact) mass is 362 g/mol. The van der Waals surface area contributed by atoms with E-state index in [1.807, 2.05) is 37.3 Å². The number of hydrogen-bond acceptors (Lipinski definition) is 2. The molecular formula is C23H26N2O2. The van der Waals surface area contributed by atoms with Crippen molar-refractivity contribution in [2.45, 2.75) is 40.7 Å². The van der Waals surface area contributed by atoms with Gasteiger partial charge in [-0.3, -0.25) is 4.79 Å². The standard InChI is InChI=1S/C23H26N2O2/c1-5-19-9-6-8-16(2)23(19)24-22(26)12-11-20-14-17(3)25(18(20)4)15-21-10-7-13-27-21/h6-14H,5,15H2,1-4H3,(H,24,26)/b12-11+. The minimum absolute atomic E-state index is 0.116. The van der Waals surface area contributed by atoms with Crippen LogP contribution >= 0.6 is 0 Å². The highest BCUT2D eigenvalue weighted by atomic mass is 16.3. The topological polar surface area (TPSA) is 47.2 Å². The maximum atomic E-state index is 12.4. The molecule has 27 heavy (non-hydrogen) atoms. The first kappa shape index (κ1) is 18.8. The van der Waals surface area contributed by atoms with Gasteiger partial charge in [-0.05, 0) is 68.2 Å². The predicted octanol–water partition coefficient (Wildman–Crippen LogP) is 5.27. The van der Waals surface area contributed by atoms with E-state index in [0.29, 0.717) is 6.54 Å². The fraction of sp³-hybridized carbons (Fsp3) is 0.261. The van der Waals surface area contributed by atoms with Crippen LogP contribution in [0.25, 0.3) is 6.08 Å². The lowest BCUT2D eigenvalue weighted by atomic mass is 10.1.